The third-order valence-corrected chi connectivity index (χ3v) is 12.0. The van der Waals surface area contributed by atoms with Crippen LogP contribution < -0.4 is 0 Å². The average molecular weight is 984 g/mol. The van der Waals surface area contributed by atoms with Crippen molar-refractivity contribution in [3.05, 3.63) is 122 Å². The number of allylic oxidation sites excluding steroid dienone is 20. The lowest BCUT2D eigenvalue weighted by Gasteiger charge is -2.18. The van der Waals surface area contributed by atoms with Crippen molar-refractivity contribution < 1.29 is 28.6 Å². The molecule has 0 bridgehead atoms. The van der Waals surface area contributed by atoms with Gasteiger partial charge in [-0.1, -0.05) is 251 Å². The van der Waals surface area contributed by atoms with Crippen molar-refractivity contribution in [2.75, 3.05) is 13.2 Å². The highest BCUT2D eigenvalue weighted by Gasteiger charge is 2.19. The molecule has 0 aromatic heterocycles. The van der Waals surface area contributed by atoms with Crippen molar-refractivity contribution in [3.63, 3.8) is 0 Å². The van der Waals surface area contributed by atoms with Crippen molar-refractivity contribution in [1.29, 1.82) is 0 Å². The van der Waals surface area contributed by atoms with Gasteiger partial charge < -0.3 is 14.2 Å². The van der Waals surface area contributed by atoms with E-state index in [-0.39, 0.29) is 37.5 Å². The molecule has 0 heterocycles. The number of hydrogen-bond donors (Lipinski definition) is 0. The highest BCUT2D eigenvalue weighted by Crippen LogP contribution is 2.14. The molecule has 0 aromatic carbocycles. The average Bonchev–Trinajstić information content (AvgIpc) is 3.37. The Bertz CT molecular complexity index is 1500. The van der Waals surface area contributed by atoms with Gasteiger partial charge in [0.15, 0.2) is 6.10 Å². The first-order valence-electron chi connectivity index (χ1n) is 29.1. The molecule has 0 aromatic rings. The quantitative estimate of drug-likeness (QED) is 0.0199. The molecule has 0 spiro atoms. The summed E-state index contributed by atoms with van der Waals surface area (Å²) in [5.41, 5.74) is 0. The molecular formula is C65H106O6. The minimum atomic E-state index is -0.820. The molecule has 0 N–H and O–H groups in total. The maximum atomic E-state index is 12.9. The Kier molecular flexibility index (Phi) is 54.9. The fourth-order valence-electron chi connectivity index (χ4n) is 7.70. The lowest BCUT2D eigenvalue weighted by molar-refractivity contribution is -0.166. The molecule has 0 aliphatic carbocycles. The van der Waals surface area contributed by atoms with Gasteiger partial charge in [0.2, 0.25) is 0 Å². The van der Waals surface area contributed by atoms with Gasteiger partial charge in [-0.3, -0.25) is 14.4 Å². The van der Waals surface area contributed by atoms with Gasteiger partial charge in [-0.05, 0) is 103 Å². The van der Waals surface area contributed by atoms with Crippen molar-refractivity contribution in [2.24, 2.45) is 0 Å². The Morgan fingerprint density at radius 1 is 0.310 bits per heavy atom. The van der Waals surface area contributed by atoms with Gasteiger partial charge in [0.05, 0.1) is 0 Å². The minimum Gasteiger partial charge on any atom is -0.462 e. The lowest BCUT2D eigenvalue weighted by atomic mass is 10.1. The minimum absolute atomic E-state index is 0.112. The molecule has 0 rings (SSSR count). The molecule has 6 heteroatoms. The molecular weight excluding hydrogens is 877 g/mol. The Morgan fingerprint density at radius 2 is 0.648 bits per heavy atom. The van der Waals surface area contributed by atoms with Crippen LogP contribution in [0.1, 0.15) is 252 Å². The van der Waals surface area contributed by atoms with Crippen molar-refractivity contribution >= 4 is 17.9 Å². The molecule has 0 fully saturated rings. The van der Waals surface area contributed by atoms with Gasteiger partial charge in [0.25, 0.3) is 0 Å². The Morgan fingerprint density at radius 3 is 1.10 bits per heavy atom. The molecule has 0 aliphatic heterocycles. The summed E-state index contributed by atoms with van der Waals surface area (Å²) in [4.78, 5) is 38.2. The molecule has 0 amide bonds. The zero-order valence-electron chi connectivity index (χ0n) is 45.9. The fraction of sp³-hybridized carbons (Fsp3) is 0.646. The van der Waals surface area contributed by atoms with Gasteiger partial charge in [-0.25, -0.2) is 0 Å². The van der Waals surface area contributed by atoms with E-state index in [1.807, 2.05) is 6.08 Å². The topological polar surface area (TPSA) is 78.9 Å². The monoisotopic (exact) mass is 983 g/mol. The molecule has 6 nitrogen and oxygen atoms in total. The van der Waals surface area contributed by atoms with Crippen molar-refractivity contribution in [1.82, 2.24) is 0 Å². The van der Waals surface area contributed by atoms with Crippen LogP contribution >= 0.6 is 0 Å². The number of carbonyl (C=O) groups is 3. The Hall–Kier alpha value is -4.19. The summed E-state index contributed by atoms with van der Waals surface area (Å²) in [6, 6.07) is 0. The summed E-state index contributed by atoms with van der Waals surface area (Å²) in [6.45, 7) is 6.32. The van der Waals surface area contributed by atoms with E-state index in [0.717, 1.165) is 89.9 Å². The summed E-state index contributed by atoms with van der Waals surface area (Å²) in [5, 5.41) is 0. The first-order chi connectivity index (χ1) is 35.0. The summed E-state index contributed by atoms with van der Waals surface area (Å²) < 4.78 is 16.8. The van der Waals surface area contributed by atoms with Crippen LogP contribution in [-0.2, 0) is 28.6 Å². The summed E-state index contributed by atoms with van der Waals surface area (Å²) >= 11 is 0. The first-order valence-corrected chi connectivity index (χ1v) is 29.1. The second kappa shape index (κ2) is 58.4. The molecule has 0 saturated carbocycles. The standard InChI is InChI=1S/C65H106O6/c1-4-7-10-13-16-19-22-25-28-30-32-34-37-40-43-46-49-52-55-58-64(67)70-61-62(60-69-63(66)57-54-51-48-45-42-39-36-27-24-21-18-15-12-9-6-3)71-65(68)59-56-53-50-47-44-41-38-35-33-31-29-26-23-20-17-14-11-8-5-2/h7,9-10,12,15-16,18-19,21,24-25,28,31-34,40,43,49,52,62H,4-6,8,11,13-14,17,20,22-23,26-27,29-30,35-39,41-42,44-48,50-51,53-61H2,1-3H3/b10-7-,12-9-,18-15-,19-16-,24-21-,28-25-,33-31-,34-32-,43-40-,52-49-. The van der Waals surface area contributed by atoms with E-state index in [4.69, 9.17) is 14.2 Å². The molecule has 0 saturated heterocycles. The molecule has 71 heavy (non-hydrogen) atoms. The van der Waals surface area contributed by atoms with Crippen LogP contribution in [0.5, 0.6) is 0 Å². The maximum absolute atomic E-state index is 12.9. The van der Waals surface area contributed by atoms with E-state index in [1.54, 1.807) is 0 Å². The second-order valence-electron chi connectivity index (χ2n) is 18.8. The van der Waals surface area contributed by atoms with Crippen LogP contribution in [0.3, 0.4) is 0 Å². The van der Waals surface area contributed by atoms with E-state index in [9.17, 15) is 14.4 Å². The van der Waals surface area contributed by atoms with Gasteiger partial charge in [-0.15, -0.1) is 0 Å². The van der Waals surface area contributed by atoms with Gasteiger partial charge in [0.1, 0.15) is 13.2 Å². The normalized spacial score (nSPS) is 13.0. The smallest absolute Gasteiger partial charge is 0.306 e. The third kappa shape index (κ3) is 56.6. The van der Waals surface area contributed by atoms with E-state index >= 15 is 0 Å². The third-order valence-electron chi connectivity index (χ3n) is 12.0. The molecule has 402 valence electrons. The van der Waals surface area contributed by atoms with Gasteiger partial charge in [0, 0.05) is 19.3 Å². The predicted molar refractivity (Wildman–Crippen MR) is 306 cm³/mol. The number of carbonyl (C=O) groups excluding carboxylic acids is 3. The fourth-order valence-corrected chi connectivity index (χ4v) is 7.70. The Balaban J connectivity index is 4.52. The lowest BCUT2D eigenvalue weighted by Crippen LogP contribution is -2.30. The number of hydrogen-bond acceptors (Lipinski definition) is 6. The van der Waals surface area contributed by atoms with Crippen LogP contribution in [0.4, 0.5) is 0 Å². The summed E-state index contributed by atoms with van der Waals surface area (Å²) in [7, 11) is 0. The second-order valence-corrected chi connectivity index (χ2v) is 18.8. The first kappa shape index (κ1) is 66.8. The zero-order chi connectivity index (χ0) is 51.4. The van der Waals surface area contributed by atoms with Crippen LogP contribution in [0.2, 0.25) is 0 Å². The molecule has 0 radical (unpaired) electrons. The van der Waals surface area contributed by atoms with Crippen LogP contribution in [0.25, 0.3) is 0 Å². The molecule has 1 unspecified atom stereocenters. The van der Waals surface area contributed by atoms with Crippen LogP contribution in [-0.4, -0.2) is 37.2 Å². The molecule has 0 aliphatic rings. The largest absolute Gasteiger partial charge is 0.462 e. The van der Waals surface area contributed by atoms with E-state index in [2.05, 4.69) is 136 Å². The number of esters is 3. The van der Waals surface area contributed by atoms with E-state index < -0.39 is 6.10 Å². The number of ether oxygens (including phenoxy) is 3. The number of unbranched alkanes of at least 4 members (excludes halogenated alkanes) is 22. The molecule has 1 atom stereocenters. The van der Waals surface area contributed by atoms with E-state index in [0.29, 0.717) is 19.3 Å². The highest BCUT2D eigenvalue weighted by atomic mass is 16.6. The summed E-state index contributed by atoms with van der Waals surface area (Å²) in [6.07, 6.45) is 80.6. The van der Waals surface area contributed by atoms with Gasteiger partial charge in [-0.2, -0.15) is 0 Å². The summed E-state index contributed by atoms with van der Waals surface area (Å²) in [5.74, 6) is -1.02. The maximum Gasteiger partial charge on any atom is 0.306 e. The number of rotatable bonds is 51. The SMILES string of the molecule is CC\C=C/C=C\C=C/CCCCCCCCCC(=O)OCC(COC(=O)CC/C=C\C/C=C\C/C=C\C/C=C\C/C=C\C/C=C\CC)OC(=O)CCCCCCCCC/C=C\CCCCCCCCCC. The van der Waals surface area contributed by atoms with E-state index in [1.165, 1.54) is 116 Å². The Labute approximate surface area is 437 Å². The van der Waals surface area contributed by atoms with Crippen LogP contribution in [0, 0.1) is 0 Å². The zero-order valence-corrected chi connectivity index (χ0v) is 45.9. The van der Waals surface area contributed by atoms with Crippen molar-refractivity contribution in [3.8, 4) is 0 Å². The van der Waals surface area contributed by atoms with Crippen LogP contribution in [0.15, 0.2) is 122 Å². The highest BCUT2D eigenvalue weighted by molar-refractivity contribution is 5.71. The predicted octanol–water partition coefficient (Wildman–Crippen LogP) is 19.6. The van der Waals surface area contributed by atoms with Crippen molar-refractivity contribution in [2.45, 2.75) is 258 Å². The van der Waals surface area contributed by atoms with Gasteiger partial charge >= 0.3 is 17.9 Å².